The van der Waals surface area contributed by atoms with E-state index in [1.54, 1.807) is 18.6 Å². The van der Waals surface area contributed by atoms with Gasteiger partial charge in [0.25, 0.3) is 0 Å². The molecule has 1 atom stereocenters. The molecule has 2 N–H and O–H groups in total. The van der Waals surface area contributed by atoms with Crippen molar-refractivity contribution < 1.29 is 22.7 Å². The van der Waals surface area contributed by atoms with Crippen LogP contribution >= 0.6 is 11.6 Å². The average Bonchev–Trinajstić information content (AvgIpc) is 2.13. The fraction of sp³-hybridized carbons (Fsp3) is 0.875. The van der Waals surface area contributed by atoms with Gasteiger partial charge in [0.05, 0.1) is 18.1 Å². The van der Waals surface area contributed by atoms with Crippen LogP contribution in [0.1, 0.15) is 13.8 Å². The van der Waals surface area contributed by atoms with Gasteiger partial charge in [-0.1, -0.05) is 0 Å². The van der Waals surface area contributed by atoms with Gasteiger partial charge in [-0.2, -0.15) is 13.1 Å². The molecule has 0 saturated carbocycles. The Labute approximate surface area is 106 Å². The SMILES string of the molecule is COCC(Cl)CNS(=O)(=O)NC(=O)OC(C)C. The van der Waals surface area contributed by atoms with Crippen molar-refractivity contribution in [3.63, 3.8) is 0 Å². The molecule has 0 aromatic heterocycles. The van der Waals surface area contributed by atoms with Crippen LogP contribution in [0, 0.1) is 0 Å². The summed E-state index contributed by atoms with van der Waals surface area (Å²) in [6.07, 6.45) is -1.44. The van der Waals surface area contributed by atoms with Crippen molar-refractivity contribution in [2.24, 2.45) is 0 Å². The lowest BCUT2D eigenvalue weighted by Gasteiger charge is -2.12. The maximum Gasteiger partial charge on any atom is 0.422 e. The zero-order chi connectivity index (χ0) is 13.5. The number of alkyl halides is 1. The molecule has 102 valence electrons. The Morgan fingerprint density at radius 2 is 2.00 bits per heavy atom. The van der Waals surface area contributed by atoms with Gasteiger partial charge in [0.1, 0.15) is 0 Å². The maximum absolute atomic E-state index is 11.3. The van der Waals surface area contributed by atoms with Crippen molar-refractivity contribution >= 4 is 27.9 Å². The summed E-state index contributed by atoms with van der Waals surface area (Å²) in [6.45, 7) is 3.35. The highest BCUT2D eigenvalue weighted by atomic mass is 35.5. The average molecular weight is 289 g/mol. The summed E-state index contributed by atoms with van der Waals surface area (Å²) < 4.78 is 35.7. The summed E-state index contributed by atoms with van der Waals surface area (Å²) in [4.78, 5) is 11.0. The number of halogens is 1. The predicted octanol–water partition coefficient (Wildman–Crippen LogP) is 0.209. The number of nitrogens with one attached hydrogen (secondary N) is 2. The lowest BCUT2D eigenvalue weighted by Crippen LogP contribution is -2.43. The van der Waals surface area contributed by atoms with E-state index in [9.17, 15) is 13.2 Å². The first kappa shape index (κ1) is 16.4. The van der Waals surface area contributed by atoms with Gasteiger partial charge < -0.3 is 9.47 Å². The van der Waals surface area contributed by atoms with Crippen LogP contribution in [0.3, 0.4) is 0 Å². The first-order chi connectivity index (χ1) is 7.76. The van der Waals surface area contributed by atoms with Crippen LogP contribution < -0.4 is 9.44 Å². The maximum atomic E-state index is 11.3. The summed E-state index contributed by atoms with van der Waals surface area (Å²) >= 11 is 5.71. The third-order valence-electron chi connectivity index (χ3n) is 1.40. The van der Waals surface area contributed by atoms with Crippen LogP contribution in [-0.2, 0) is 19.7 Å². The molecule has 0 aliphatic heterocycles. The molecule has 0 spiro atoms. The third kappa shape index (κ3) is 9.16. The van der Waals surface area contributed by atoms with Crippen molar-refractivity contribution in [2.75, 3.05) is 20.3 Å². The lowest BCUT2D eigenvalue weighted by molar-refractivity contribution is 0.121. The minimum atomic E-state index is -3.95. The highest BCUT2D eigenvalue weighted by Gasteiger charge is 2.17. The van der Waals surface area contributed by atoms with Crippen LogP contribution in [0.5, 0.6) is 0 Å². The van der Waals surface area contributed by atoms with E-state index >= 15 is 0 Å². The highest BCUT2D eigenvalue weighted by molar-refractivity contribution is 7.88. The van der Waals surface area contributed by atoms with Crippen molar-refractivity contribution in [2.45, 2.75) is 25.3 Å². The van der Waals surface area contributed by atoms with E-state index in [1.165, 1.54) is 7.11 Å². The molecular formula is C8H17ClN2O5S. The Balaban J connectivity index is 4.08. The Bertz CT molecular complexity index is 333. The van der Waals surface area contributed by atoms with Crippen molar-refractivity contribution in [3.05, 3.63) is 0 Å². The van der Waals surface area contributed by atoms with E-state index in [0.717, 1.165) is 0 Å². The summed E-state index contributed by atoms with van der Waals surface area (Å²) in [5.74, 6) is 0. The summed E-state index contributed by atoms with van der Waals surface area (Å²) in [7, 11) is -2.51. The largest absolute Gasteiger partial charge is 0.446 e. The molecule has 0 fully saturated rings. The van der Waals surface area contributed by atoms with Gasteiger partial charge in [0, 0.05) is 13.7 Å². The Hall–Kier alpha value is -0.570. The molecular weight excluding hydrogens is 272 g/mol. The van der Waals surface area contributed by atoms with E-state index in [4.69, 9.17) is 16.3 Å². The fourth-order valence-electron chi connectivity index (χ4n) is 0.824. The van der Waals surface area contributed by atoms with Gasteiger partial charge in [-0.25, -0.2) is 9.52 Å². The molecule has 7 nitrogen and oxygen atoms in total. The number of rotatable bonds is 7. The smallest absolute Gasteiger partial charge is 0.422 e. The van der Waals surface area contributed by atoms with Gasteiger partial charge in [-0.15, -0.1) is 11.6 Å². The summed E-state index contributed by atoms with van der Waals surface area (Å²) in [6, 6.07) is 0. The van der Waals surface area contributed by atoms with Crippen molar-refractivity contribution in [1.82, 2.24) is 9.44 Å². The second-order valence-corrected chi connectivity index (χ2v) is 5.58. The molecule has 0 aromatic rings. The molecule has 0 bridgehead atoms. The number of carbonyl (C=O) groups excluding carboxylic acids is 1. The van der Waals surface area contributed by atoms with Gasteiger partial charge in [0.2, 0.25) is 0 Å². The summed E-state index contributed by atoms with van der Waals surface area (Å²) in [5, 5.41) is -0.516. The normalized spacial score (nSPS) is 13.5. The van der Waals surface area contributed by atoms with Gasteiger partial charge in [-0.3, -0.25) is 0 Å². The number of hydrogen-bond acceptors (Lipinski definition) is 5. The monoisotopic (exact) mass is 288 g/mol. The third-order valence-corrected chi connectivity index (χ3v) is 2.67. The topological polar surface area (TPSA) is 93.7 Å². The van der Waals surface area contributed by atoms with Crippen LogP contribution in [0.15, 0.2) is 0 Å². The molecule has 1 amide bonds. The molecule has 0 rings (SSSR count). The molecule has 0 heterocycles. The number of carbonyl (C=O) groups is 1. The van der Waals surface area contributed by atoms with Gasteiger partial charge >= 0.3 is 16.3 Å². The minimum Gasteiger partial charge on any atom is -0.446 e. The number of amides is 1. The van der Waals surface area contributed by atoms with Crippen LogP contribution in [0.25, 0.3) is 0 Å². The number of ether oxygens (including phenoxy) is 2. The second-order valence-electron chi connectivity index (χ2n) is 3.46. The molecule has 0 aliphatic rings. The van der Waals surface area contributed by atoms with E-state index in [0.29, 0.717) is 0 Å². The second kappa shape index (κ2) is 7.70. The zero-order valence-electron chi connectivity index (χ0n) is 9.90. The molecule has 0 saturated heterocycles. The Morgan fingerprint density at radius 1 is 1.41 bits per heavy atom. The van der Waals surface area contributed by atoms with Gasteiger partial charge in [0.15, 0.2) is 0 Å². The minimum absolute atomic E-state index is 0.0559. The van der Waals surface area contributed by atoms with Crippen molar-refractivity contribution in [3.8, 4) is 0 Å². The summed E-state index contributed by atoms with van der Waals surface area (Å²) in [5.41, 5.74) is 0. The van der Waals surface area contributed by atoms with Crippen LogP contribution in [0.2, 0.25) is 0 Å². The van der Waals surface area contributed by atoms with Crippen molar-refractivity contribution in [1.29, 1.82) is 0 Å². The van der Waals surface area contributed by atoms with E-state index < -0.39 is 27.8 Å². The zero-order valence-corrected chi connectivity index (χ0v) is 11.5. The first-order valence-corrected chi connectivity index (χ1v) is 6.80. The van der Waals surface area contributed by atoms with Crippen LogP contribution in [0.4, 0.5) is 4.79 Å². The molecule has 0 aromatic carbocycles. The number of hydrogen-bond donors (Lipinski definition) is 2. The Kier molecular flexibility index (Phi) is 7.44. The molecule has 0 aliphatic carbocycles. The molecule has 9 heteroatoms. The standard InChI is InChI=1S/C8H17ClN2O5S/c1-6(2)16-8(12)11-17(13,14)10-4-7(9)5-15-3/h6-7,10H,4-5H2,1-3H3,(H,11,12). The van der Waals surface area contributed by atoms with E-state index in [-0.39, 0.29) is 13.2 Å². The lowest BCUT2D eigenvalue weighted by atomic mass is 10.5. The Morgan fingerprint density at radius 3 is 2.47 bits per heavy atom. The number of methoxy groups -OCH3 is 1. The molecule has 0 radical (unpaired) electrons. The predicted molar refractivity (Wildman–Crippen MR) is 63.2 cm³/mol. The highest BCUT2D eigenvalue weighted by Crippen LogP contribution is 1.95. The first-order valence-electron chi connectivity index (χ1n) is 4.88. The van der Waals surface area contributed by atoms with E-state index in [2.05, 4.69) is 9.46 Å². The van der Waals surface area contributed by atoms with Gasteiger partial charge in [-0.05, 0) is 13.8 Å². The van der Waals surface area contributed by atoms with Crippen LogP contribution in [-0.4, -0.2) is 46.3 Å². The molecule has 17 heavy (non-hydrogen) atoms. The van der Waals surface area contributed by atoms with E-state index in [1.807, 2.05) is 0 Å². The fourth-order valence-corrected chi connectivity index (χ4v) is 1.88. The quantitative estimate of drug-likeness (QED) is 0.653. The molecule has 1 unspecified atom stereocenters.